The van der Waals surface area contributed by atoms with Crippen LogP contribution in [0.25, 0.3) is 0 Å². The minimum Gasteiger partial charge on any atom is -0.342 e. The first kappa shape index (κ1) is 19.4. The molecule has 1 aliphatic carbocycles. The second kappa shape index (κ2) is 8.10. The lowest BCUT2D eigenvalue weighted by atomic mass is 9.73. The van der Waals surface area contributed by atoms with E-state index in [0.717, 1.165) is 51.6 Å². The predicted molar refractivity (Wildman–Crippen MR) is 107 cm³/mol. The van der Waals surface area contributed by atoms with Crippen molar-refractivity contribution < 1.29 is 4.79 Å². The van der Waals surface area contributed by atoms with Gasteiger partial charge in [0.05, 0.1) is 5.92 Å². The average Bonchev–Trinajstić information content (AvgIpc) is 2.63. The fraction of sp³-hybridized carbons (Fsp3) is 0.682. The Bertz CT molecular complexity index is 601. The lowest BCUT2D eigenvalue weighted by molar-refractivity contribution is -0.141. The summed E-state index contributed by atoms with van der Waals surface area (Å²) >= 11 is 0. The van der Waals surface area contributed by atoms with Gasteiger partial charge in [-0.15, -0.1) is 0 Å². The van der Waals surface area contributed by atoms with Crippen molar-refractivity contribution in [3.63, 3.8) is 0 Å². The van der Waals surface area contributed by atoms with Crippen LogP contribution in [0.2, 0.25) is 0 Å². The van der Waals surface area contributed by atoms with Gasteiger partial charge in [0, 0.05) is 37.8 Å². The van der Waals surface area contributed by atoms with Crippen molar-refractivity contribution in [2.75, 3.05) is 13.6 Å². The summed E-state index contributed by atoms with van der Waals surface area (Å²) in [6.45, 7) is 6.40. The van der Waals surface area contributed by atoms with Crippen molar-refractivity contribution in [1.29, 1.82) is 0 Å². The van der Waals surface area contributed by atoms with Gasteiger partial charge in [-0.3, -0.25) is 9.69 Å². The van der Waals surface area contributed by atoms with E-state index in [1.807, 2.05) is 11.9 Å². The molecule has 2 aliphatic rings. The maximum absolute atomic E-state index is 13.1. The number of hydrogen-bond donors (Lipinski definition) is 1. The topological polar surface area (TPSA) is 49.6 Å². The van der Waals surface area contributed by atoms with Crippen molar-refractivity contribution in [3.8, 4) is 0 Å². The summed E-state index contributed by atoms with van der Waals surface area (Å²) in [5.41, 5.74) is 7.49. The van der Waals surface area contributed by atoms with Crippen LogP contribution in [0.3, 0.4) is 0 Å². The van der Waals surface area contributed by atoms with Gasteiger partial charge < -0.3 is 10.6 Å². The van der Waals surface area contributed by atoms with E-state index in [1.165, 1.54) is 5.56 Å². The number of benzene rings is 1. The summed E-state index contributed by atoms with van der Waals surface area (Å²) in [5, 5.41) is 0. The van der Waals surface area contributed by atoms with Crippen LogP contribution in [0.5, 0.6) is 0 Å². The summed E-state index contributed by atoms with van der Waals surface area (Å²) in [6, 6.07) is 11.5. The van der Waals surface area contributed by atoms with Crippen molar-refractivity contribution in [1.82, 2.24) is 9.80 Å². The van der Waals surface area contributed by atoms with E-state index in [9.17, 15) is 4.79 Å². The molecule has 1 aromatic rings. The highest BCUT2D eigenvalue weighted by atomic mass is 16.2. The molecular formula is C22H35N3O. The van der Waals surface area contributed by atoms with Crippen LogP contribution in [0.1, 0.15) is 57.9 Å². The maximum Gasteiger partial charge on any atom is 0.227 e. The first-order valence-corrected chi connectivity index (χ1v) is 10.2. The van der Waals surface area contributed by atoms with Crippen LogP contribution in [0.4, 0.5) is 0 Å². The largest absolute Gasteiger partial charge is 0.342 e. The molecule has 4 heteroatoms. The van der Waals surface area contributed by atoms with E-state index in [1.54, 1.807) is 0 Å². The molecule has 3 rings (SSSR count). The summed E-state index contributed by atoms with van der Waals surface area (Å²) < 4.78 is 0. The van der Waals surface area contributed by atoms with Crippen molar-refractivity contribution >= 4 is 5.91 Å². The maximum atomic E-state index is 13.1. The first-order valence-electron chi connectivity index (χ1n) is 10.2. The minimum absolute atomic E-state index is 0.0149. The molecule has 1 aliphatic heterocycles. The van der Waals surface area contributed by atoms with E-state index in [4.69, 9.17) is 5.73 Å². The van der Waals surface area contributed by atoms with Gasteiger partial charge in [0.1, 0.15) is 0 Å². The molecule has 0 spiro atoms. The lowest BCUT2D eigenvalue weighted by Gasteiger charge is -2.44. The SMILES string of the molecule is CC1CC(N(C)C(=O)C2CCCCC2(C)N)CCN1Cc1ccccc1. The fourth-order valence-electron chi connectivity index (χ4n) is 4.79. The summed E-state index contributed by atoms with van der Waals surface area (Å²) in [6.07, 6.45) is 6.27. The summed E-state index contributed by atoms with van der Waals surface area (Å²) in [5.74, 6) is 0.252. The van der Waals surface area contributed by atoms with E-state index in [0.29, 0.717) is 12.1 Å². The first-order chi connectivity index (χ1) is 12.4. The molecule has 1 saturated heterocycles. The molecule has 1 heterocycles. The number of likely N-dealkylation sites (tertiary alicyclic amines) is 1. The molecule has 26 heavy (non-hydrogen) atoms. The number of nitrogens with zero attached hydrogens (tertiary/aromatic N) is 2. The number of carbonyl (C=O) groups is 1. The number of piperidine rings is 1. The molecule has 4 unspecified atom stereocenters. The van der Waals surface area contributed by atoms with Crippen LogP contribution < -0.4 is 5.73 Å². The van der Waals surface area contributed by atoms with Crippen molar-refractivity contribution in [2.24, 2.45) is 11.7 Å². The molecule has 4 atom stereocenters. The van der Waals surface area contributed by atoms with Crippen LogP contribution in [0.15, 0.2) is 30.3 Å². The minimum atomic E-state index is -0.344. The highest BCUT2D eigenvalue weighted by Gasteiger charge is 2.41. The third-order valence-electron chi connectivity index (χ3n) is 6.66. The lowest BCUT2D eigenvalue weighted by Crippen LogP contribution is -2.56. The zero-order chi connectivity index (χ0) is 18.7. The molecule has 2 N–H and O–H groups in total. The second-order valence-electron chi connectivity index (χ2n) is 8.74. The van der Waals surface area contributed by atoms with Crippen molar-refractivity contribution in [2.45, 2.75) is 76.5 Å². The molecule has 0 aromatic heterocycles. The molecule has 2 fully saturated rings. The van der Waals surface area contributed by atoms with Crippen LogP contribution in [0, 0.1) is 5.92 Å². The molecule has 1 amide bonds. The Morgan fingerprint density at radius 3 is 2.65 bits per heavy atom. The zero-order valence-electron chi connectivity index (χ0n) is 16.7. The van der Waals surface area contributed by atoms with Gasteiger partial charge in [0.25, 0.3) is 0 Å². The van der Waals surface area contributed by atoms with Gasteiger partial charge in [-0.1, -0.05) is 43.2 Å². The number of nitrogens with two attached hydrogens (primary N) is 1. The number of rotatable bonds is 4. The number of amides is 1. The standard InChI is InChI=1S/C22H35N3O/c1-17-15-19(12-14-25(17)16-18-9-5-4-6-10-18)24(3)21(26)20-11-7-8-13-22(20,2)23/h4-6,9-10,17,19-20H,7-8,11-16,23H2,1-3H3. The van der Waals surface area contributed by atoms with E-state index >= 15 is 0 Å². The highest BCUT2D eigenvalue weighted by molar-refractivity contribution is 5.80. The molecule has 1 saturated carbocycles. The van der Waals surface area contributed by atoms with Crippen LogP contribution in [-0.4, -0.2) is 46.9 Å². The zero-order valence-corrected chi connectivity index (χ0v) is 16.7. The Morgan fingerprint density at radius 1 is 1.27 bits per heavy atom. The van der Waals surface area contributed by atoms with Crippen LogP contribution >= 0.6 is 0 Å². The Hall–Kier alpha value is -1.39. The van der Waals surface area contributed by atoms with Crippen molar-refractivity contribution in [3.05, 3.63) is 35.9 Å². The van der Waals surface area contributed by atoms with E-state index < -0.39 is 0 Å². The van der Waals surface area contributed by atoms with E-state index in [2.05, 4.69) is 49.1 Å². The Kier molecular flexibility index (Phi) is 6.03. The Morgan fingerprint density at radius 2 is 2.00 bits per heavy atom. The molecule has 1 aromatic carbocycles. The molecule has 0 radical (unpaired) electrons. The molecule has 0 bridgehead atoms. The quantitative estimate of drug-likeness (QED) is 0.898. The van der Waals surface area contributed by atoms with Gasteiger partial charge >= 0.3 is 0 Å². The highest BCUT2D eigenvalue weighted by Crippen LogP contribution is 2.34. The smallest absolute Gasteiger partial charge is 0.227 e. The Balaban J connectivity index is 1.58. The Labute approximate surface area is 158 Å². The van der Waals surface area contributed by atoms with E-state index in [-0.39, 0.29) is 17.4 Å². The predicted octanol–water partition coefficient (Wildman–Crippen LogP) is 3.41. The average molecular weight is 358 g/mol. The second-order valence-corrected chi connectivity index (χ2v) is 8.74. The van der Waals surface area contributed by atoms with Gasteiger partial charge in [-0.2, -0.15) is 0 Å². The number of carbonyl (C=O) groups excluding carboxylic acids is 1. The normalized spacial score (nSPS) is 33.0. The van der Waals surface area contributed by atoms with Gasteiger partial charge in [0.2, 0.25) is 5.91 Å². The van der Waals surface area contributed by atoms with Gasteiger partial charge in [-0.25, -0.2) is 0 Å². The summed E-state index contributed by atoms with van der Waals surface area (Å²) in [7, 11) is 2.00. The van der Waals surface area contributed by atoms with Gasteiger partial charge in [0.15, 0.2) is 0 Å². The third kappa shape index (κ3) is 4.29. The molecule has 4 nitrogen and oxygen atoms in total. The summed E-state index contributed by atoms with van der Waals surface area (Å²) in [4.78, 5) is 17.7. The molecular weight excluding hydrogens is 322 g/mol. The molecule has 144 valence electrons. The van der Waals surface area contributed by atoms with Crippen LogP contribution in [-0.2, 0) is 11.3 Å². The monoisotopic (exact) mass is 357 g/mol. The fourth-order valence-corrected chi connectivity index (χ4v) is 4.79. The number of hydrogen-bond acceptors (Lipinski definition) is 3. The third-order valence-corrected chi connectivity index (χ3v) is 6.66. The van der Waals surface area contributed by atoms with Gasteiger partial charge in [-0.05, 0) is 45.1 Å².